The first-order valence-electron chi connectivity index (χ1n) is 8.88. The fourth-order valence-corrected chi connectivity index (χ4v) is 3.99. The average molecular weight is 384 g/mol. The number of piperidine rings is 1. The van der Waals surface area contributed by atoms with Crippen LogP contribution in [-0.4, -0.2) is 48.0 Å². The van der Waals surface area contributed by atoms with Gasteiger partial charge < -0.3 is 9.47 Å². The second-order valence-electron chi connectivity index (χ2n) is 6.58. The summed E-state index contributed by atoms with van der Waals surface area (Å²) in [6.45, 7) is 2.10. The molecule has 27 heavy (non-hydrogen) atoms. The molecule has 0 aromatic carbocycles. The number of amides is 1. The van der Waals surface area contributed by atoms with Gasteiger partial charge in [-0.05, 0) is 18.9 Å². The average Bonchev–Trinajstić information content (AvgIpc) is 3.36. The molecule has 0 N–H and O–H groups in total. The summed E-state index contributed by atoms with van der Waals surface area (Å²) in [6, 6.07) is 1.66. The number of hydrogen-bond donors (Lipinski definition) is 0. The molecule has 0 unspecified atom stereocenters. The van der Waals surface area contributed by atoms with Crippen molar-refractivity contribution in [2.24, 2.45) is 0 Å². The van der Waals surface area contributed by atoms with Crippen molar-refractivity contribution in [2.75, 3.05) is 13.1 Å². The van der Waals surface area contributed by atoms with Gasteiger partial charge in [0.05, 0.1) is 17.7 Å². The molecule has 4 rings (SSSR count). The van der Waals surface area contributed by atoms with E-state index in [2.05, 4.69) is 19.5 Å². The Balaban J connectivity index is 1.37. The van der Waals surface area contributed by atoms with Gasteiger partial charge in [-0.1, -0.05) is 0 Å². The molecule has 0 spiro atoms. The Kier molecular flexibility index (Phi) is 5.10. The Morgan fingerprint density at radius 3 is 2.70 bits per heavy atom. The van der Waals surface area contributed by atoms with Gasteiger partial charge in [0, 0.05) is 49.2 Å². The highest BCUT2D eigenvalue weighted by Gasteiger charge is 2.26. The summed E-state index contributed by atoms with van der Waals surface area (Å²) in [6.07, 6.45) is 8.57. The van der Waals surface area contributed by atoms with E-state index in [1.807, 2.05) is 28.2 Å². The van der Waals surface area contributed by atoms with Gasteiger partial charge in [0.25, 0.3) is 0 Å². The second kappa shape index (κ2) is 7.83. The minimum Gasteiger partial charge on any atom is -0.341 e. The fraction of sp³-hybridized carbons (Fsp3) is 0.389. The lowest BCUT2D eigenvalue weighted by molar-refractivity contribution is -0.133. The van der Waals surface area contributed by atoms with E-state index in [1.165, 1.54) is 10.8 Å². The molecule has 0 saturated carbocycles. The van der Waals surface area contributed by atoms with E-state index in [0.29, 0.717) is 19.0 Å². The van der Waals surface area contributed by atoms with Crippen molar-refractivity contribution in [3.05, 3.63) is 63.7 Å². The van der Waals surface area contributed by atoms with Gasteiger partial charge in [0.2, 0.25) is 5.91 Å². The number of thiazole rings is 1. The summed E-state index contributed by atoms with van der Waals surface area (Å²) >= 11 is 1.59. The Labute approximate surface area is 160 Å². The maximum Gasteiger partial charge on any atom is 0.347 e. The Morgan fingerprint density at radius 2 is 1.96 bits per heavy atom. The summed E-state index contributed by atoms with van der Waals surface area (Å²) in [4.78, 5) is 38.6. The van der Waals surface area contributed by atoms with Crippen LogP contribution in [0.5, 0.6) is 0 Å². The Bertz CT molecular complexity index is 956. The van der Waals surface area contributed by atoms with Gasteiger partial charge in [0.15, 0.2) is 0 Å². The largest absolute Gasteiger partial charge is 0.347 e. The van der Waals surface area contributed by atoms with Gasteiger partial charge in [-0.25, -0.2) is 19.7 Å². The van der Waals surface area contributed by atoms with E-state index in [-0.39, 0.29) is 12.5 Å². The van der Waals surface area contributed by atoms with Gasteiger partial charge in [-0.3, -0.25) is 9.36 Å². The summed E-state index contributed by atoms with van der Waals surface area (Å²) < 4.78 is 3.49. The van der Waals surface area contributed by atoms with Crippen molar-refractivity contribution in [3.8, 4) is 0 Å². The minimum absolute atomic E-state index is 0.0375. The summed E-state index contributed by atoms with van der Waals surface area (Å²) in [5.41, 5.74) is 2.47. The molecule has 1 fully saturated rings. The van der Waals surface area contributed by atoms with Crippen LogP contribution in [0.4, 0.5) is 0 Å². The molecule has 0 radical (unpaired) electrons. The molecule has 1 saturated heterocycles. The molecule has 0 aliphatic carbocycles. The molecule has 4 heterocycles. The fourth-order valence-electron chi connectivity index (χ4n) is 3.44. The predicted molar refractivity (Wildman–Crippen MR) is 100 cm³/mol. The van der Waals surface area contributed by atoms with E-state index >= 15 is 0 Å². The highest BCUT2D eigenvalue weighted by molar-refractivity contribution is 7.07. The Morgan fingerprint density at radius 1 is 1.11 bits per heavy atom. The van der Waals surface area contributed by atoms with Crippen LogP contribution in [0.3, 0.4) is 0 Å². The number of nitrogens with zero attached hydrogens (tertiary/aromatic N) is 6. The third-order valence-corrected chi connectivity index (χ3v) is 5.50. The maximum atomic E-state index is 12.5. The number of carbonyl (C=O) groups excluding carboxylic acids is 1. The highest BCUT2D eigenvalue weighted by Crippen LogP contribution is 2.27. The van der Waals surface area contributed by atoms with Crippen molar-refractivity contribution in [1.29, 1.82) is 0 Å². The highest BCUT2D eigenvalue weighted by atomic mass is 32.1. The van der Waals surface area contributed by atoms with E-state index in [4.69, 9.17) is 0 Å². The quantitative estimate of drug-likeness (QED) is 0.663. The third-order valence-electron chi connectivity index (χ3n) is 4.86. The number of imidazole rings is 1. The van der Waals surface area contributed by atoms with E-state index in [0.717, 1.165) is 30.9 Å². The van der Waals surface area contributed by atoms with Crippen LogP contribution in [0, 0.1) is 0 Å². The molecule has 9 heteroatoms. The number of likely N-dealkylation sites (tertiary alicyclic amines) is 1. The molecular formula is C18H20N6O2S. The van der Waals surface area contributed by atoms with Crippen molar-refractivity contribution < 1.29 is 4.79 Å². The van der Waals surface area contributed by atoms with Gasteiger partial charge in [-0.2, -0.15) is 0 Å². The maximum absolute atomic E-state index is 12.5. The molecule has 0 bridgehead atoms. The van der Waals surface area contributed by atoms with Gasteiger partial charge in [-0.15, -0.1) is 11.3 Å². The van der Waals surface area contributed by atoms with Crippen LogP contribution >= 0.6 is 11.3 Å². The molecular weight excluding hydrogens is 364 g/mol. The summed E-state index contributed by atoms with van der Waals surface area (Å²) in [5, 5.41) is 2.05. The first kappa shape index (κ1) is 17.6. The lowest BCUT2D eigenvalue weighted by Crippen LogP contribution is -2.41. The molecule has 1 aliphatic rings. The molecule has 0 atom stereocenters. The lowest BCUT2D eigenvalue weighted by Gasteiger charge is -2.32. The number of hydrogen-bond acceptors (Lipinski definition) is 6. The molecule has 140 valence electrons. The van der Waals surface area contributed by atoms with Gasteiger partial charge >= 0.3 is 5.69 Å². The number of aromatic nitrogens is 5. The SMILES string of the molecule is O=C(Cn1cccnc1=O)N1CCC(c2nccn2Cc2cscn2)CC1. The monoisotopic (exact) mass is 384 g/mol. The summed E-state index contributed by atoms with van der Waals surface area (Å²) in [5.74, 6) is 1.33. The molecule has 3 aromatic heterocycles. The first-order chi connectivity index (χ1) is 13.2. The molecule has 8 nitrogen and oxygen atoms in total. The van der Waals surface area contributed by atoms with Crippen molar-refractivity contribution in [3.63, 3.8) is 0 Å². The van der Waals surface area contributed by atoms with Crippen LogP contribution in [0.15, 0.2) is 46.5 Å². The molecule has 3 aromatic rings. The van der Waals surface area contributed by atoms with E-state index in [1.54, 1.807) is 23.6 Å². The van der Waals surface area contributed by atoms with Crippen molar-refractivity contribution >= 4 is 17.2 Å². The zero-order valence-electron chi connectivity index (χ0n) is 14.8. The third kappa shape index (κ3) is 3.97. The number of carbonyl (C=O) groups is 1. The van der Waals surface area contributed by atoms with E-state index < -0.39 is 5.69 Å². The lowest BCUT2D eigenvalue weighted by atomic mass is 9.95. The minimum atomic E-state index is -0.398. The van der Waals surface area contributed by atoms with Crippen LogP contribution in [-0.2, 0) is 17.9 Å². The normalized spacial score (nSPS) is 15.2. The van der Waals surface area contributed by atoms with Crippen LogP contribution in [0.1, 0.15) is 30.3 Å². The van der Waals surface area contributed by atoms with Gasteiger partial charge in [0.1, 0.15) is 12.4 Å². The van der Waals surface area contributed by atoms with Crippen molar-refractivity contribution in [2.45, 2.75) is 31.8 Å². The molecule has 1 aliphatic heterocycles. The number of rotatable bonds is 5. The Hall–Kier alpha value is -2.81. The summed E-state index contributed by atoms with van der Waals surface area (Å²) in [7, 11) is 0. The second-order valence-corrected chi connectivity index (χ2v) is 7.30. The smallest absolute Gasteiger partial charge is 0.341 e. The zero-order chi connectivity index (χ0) is 18.6. The first-order valence-corrected chi connectivity index (χ1v) is 9.82. The van der Waals surface area contributed by atoms with Crippen LogP contribution in [0.25, 0.3) is 0 Å². The predicted octanol–water partition coefficient (Wildman–Crippen LogP) is 1.35. The standard InChI is InChI=1S/C18H20N6O2S/c25-16(11-24-6-1-4-20-18(24)26)22-7-2-14(3-8-22)17-19-5-9-23(17)10-15-12-27-13-21-15/h1,4-6,9,12-14H,2-3,7-8,10-11H2. The van der Waals surface area contributed by atoms with Crippen LogP contribution < -0.4 is 5.69 Å². The molecule has 1 amide bonds. The topological polar surface area (TPSA) is 85.9 Å². The van der Waals surface area contributed by atoms with Crippen molar-refractivity contribution in [1.82, 2.24) is 29.0 Å². The van der Waals surface area contributed by atoms with E-state index in [9.17, 15) is 9.59 Å². The zero-order valence-corrected chi connectivity index (χ0v) is 15.6. The van der Waals surface area contributed by atoms with Crippen LogP contribution in [0.2, 0.25) is 0 Å².